The maximum Gasteiger partial charge on any atom is 0.437 e. The van der Waals surface area contributed by atoms with E-state index in [-0.39, 0.29) is 5.57 Å². The maximum absolute atomic E-state index is 14.1. The molecule has 0 aliphatic heterocycles. The Morgan fingerprint density at radius 3 is 1.93 bits per heavy atom. The highest BCUT2D eigenvalue weighted by Gasteiger charge is 2.58. The number of esters is 3. The van der Waals surface area contributed by atoms with Gasteiger partial charge < -0.3 is 14.2 Å². The highest BCUT2D eigenvalue weighted by molar-refractivity contribution is 6.01. The third-order valence-corrected chi connectivity index (χ3v) is 5.70. The molecule has 0 unspecified atom stereocenters. The van der Waals surface area contributed by atoms with Gasteiger partial charge in [-0.05, 0) is 63.2 Å². The van der Waals surface area contributed by atoms with Gasteiger partial charge in [-0.25, -0.2) is 14.4 Å². The van der Waals surface area contributed by atoms with Crippen LogP contribution in [0.5, 0.6) is 0 Å². The van der Waals surface area contributed by atoms with Gasteiger partial charge in [-0.1, -0.05) is 6.58 Å². The van der Waals surface area contributed by atoms with E-state index >= 15 is 0 Å². The average molecular weight is 386 g/mol. The summed E-state index contributed by atoms with van der Waals surface area (Å²) in [6.45, 7) is 3.79. The summed E-state index contributed by atoms with van der Waals surface area (Å²) in [5, 5.41) is 0. The number of hydrogen-bond acceptors (Lipinski definition) is 6. The molecular weight excluding hydrogens is 362 g/mol. The van der Waals surface area contributed by atoms with Gasteiger partial charge in [0.15, 0.2) is 0 Å². The number of alkyl halides is 2. The maximum atomic E-state index is 14.1. The Labute approximate surface area is 156 Å². The first kappa shape index (κ1) is 19.8. The van der Waals surface area contributed by atoms with Crippen molar-refractivity contribution in [2.75, 3.05) is 13.2 Å². The van der Waals surface area contributed by atoms with Crippen LogP contribution in [0.3, 0.4) is 0 Å². The van der Waals surface area contributed by atoms with E-state index in [2.05, 4.69) is 16.1 Å². The lowest BCUT2D eigenvalue weighted by molar-refractivity contribution is -0.216. The second-order valence-electron chi connectivity index (χ2n) is 8.12. The third-order valence-electron chi connectivity index (χ3n) is 5.70. The standard InChI is InChI=1S/C19H24F2O6/c1-11(2)15(22)25-3-4-26-16(23)19(20,21)17(24)27-18-8-12-5-13(9-18)7-14(6-12)10-18/h12-14H,1,3-10H2,2H3. The molecule has 0 aromatic carbocycles. The second-order valence-corrected chi connectivity index (χ2v) is 8.12. The number of carbonyl (C=O) groups is 3. The molecule has 0 atom stereocenters. The van der Waals surface area contributed by atoms with Gasteiger partial charge in [0.1, 0.15) is 18.8 Å². The van der Waals surface area contributed by atoms with Gasteiger partial charge >= 0.3 is 23.8 Å². The summed E-state index contributed by atoms with van der Waals surface area (Å²) in [5.74, 6) is -7.73. The van der Waals surface area contributed by atoms with Crippen molar-refractivity contribution in [1.82, 2.24) is 0 Å². The molecule has 0 radical (unpaired) electrons. The molecule has 6 nitrogen and oxygen atoms in total. The largest absolute Gasteiger partial charge is 0.459 e. The van der Waals surface area contributed by atoms with Gasteiger partial charge in [-0.2, -0.15) is 8.78 Å². The smallest absolute Gasteiger partial charge is 0.437 e. The van der Waals surface area contributed by atoms with Crippen molar-refractivity contribution in [3.8, 4) is 0 Å². The van der Waals surface area contributed by atoms with E-state index in [1.807, 2.05) is 0 Å². The van der Waals surface area contributed by atoms with E-state index in [0.717, 1.165) is 19.3 Å². The fraction of sp³-hybridized carbons (Fsp3) is 0.737. The molecule has 150 valence electrons. The lowest BCUT2D eigenvalue weighted by atomic mass is 9.54. The minimum atomic E-state index is -4.39. The molecule has 0 N–H and O–H groups in total. The number of carbonyl (C=O) groups excluding carboxylic acids is 3. The summed E-state index contributed by atoms with van der Waals surface area (Å²) < 4.78 is 42.5. The quantitative estimate of drug-likeness (QED) is 0.220. The predicted molar refractivity (Wildman–Crippen MR) is 88.7 cm³/mol. The number of hydrogen-bond donors (Lipinski definition) is 0. The fourth-order valence-corrected chi connectivity index (χ4v) is 4.98. The number of ether oxygens (including phenoxy) is 3. The Kier molecular flexibility index (Phi) is 5.27. The highest BCUT2D eigenvalue weighted by Crippen LogP contribution is 2.57. The van der Waals surface area contributed by atoms with Crippen molar-refractivity contribution < 1.29 is 37.4 Å². The van der Waals surface area contributed by atoms with Gasteiger partial charge in [-0.15, -0.1) is 0 Å². The van der Waals surface area contributed by atoms with Crippen molar-refractivity contribution in [2.45, 2.75) is 57.0 Å². The topological polar surface area (TPSA) is 78.9 Å². The number of rotatable bonds is 7. The van der Waals surface area contributed by atoms with Crippen LogP contribution in [0.2, 0.25) is 0 Å². The van der Waals surface area contributed by atoms with Crippen LogP contribution in [0.25, 0.3) is 0 Å². The van der Waals surface area contributed by atoms with Crippen LogP contribution in [0.15, 0.2) is 12.2 Å². The Bertz CT molecular complexity index is 621. The van der Waals surface area contributed by atoms with Crippen molar-refractivity contribution in [2.24, 2.45) is 17.8 Å². The monoisotopic (exact) mass is 386 g/mol. The SMILES string of the molecule is C=C(C)C(=O)OCCOC(=O)C(F)(F)C(=O)OC12CC3CC(CC(C3)C1)C2. The lowest BCUT2D eigenvalue weighted by Crippen LogP contribution is -2.55. The van der Waals surface area contributed by atoms with Gasteiger partial charge in [0.05, 0.1) is 0 Å². The molecule has 8 heteroatoms. The van der Waals surface area contributed by atoms with Gasteiger partial charge in [0.2, 0.25) is 0 Å². The Morgan fingerprint density at radius 1 is 0.963 bits per heavy atom. The van der Waals surface area contributed by atoms with Crippen molar-refractivity contribution in [3.63, 3.8) is 0 Å². The van der Waals surface area contributed by atoms with Crippen LogP contribution >= 0.6 is 0 Å². The highest BCUT2D eigenvalue weighted by atomic mass is 19.3. The van der Waals surface area contributed by atoms with Crippen LogP contribution in [0.4, 0.5) is 8.78 Å². The van der Waals surface area contributed by atoms with E-state index in [1.54, 1.807) is 0 Å². The molecule has 4 aliphatic carbocycles. The molecule has 0 amide bonds. The van der Waals surface area contributed by atoms with E-state index in [0.29, 0.717) is 37.0 Å². The minimum absolute atomic E-state index is 0.130. The Morgan fingerprint density at radius 2 is 1.44 bits per heavy atom. The minimum Gasteiger partial charge on any atom is -0.459 e. The normalized spacial score (nSPS) is 31.3. The summed E-state index contributed by atoms with van der Waals surface area (Å²) in [5.41, 5.74) is -0.738. The summed E-state index contributed by atoms with van der Waals surface area (Å²) in [4.78, 5) is 34.9. The van der Waals surface area contributed by atoms with Gasteiger partial charge in [0.25, 0.3) is 0 Å². The molecule has 4 rings (SSSR count). The summed E-state index contributed by atoms with van der Waals surface area (Å²) in [6, 6.07) is 0. The van der Waals surface area contributed by atoms with E-state index in [1.165, 1.54) is 6.92 Å². The Hall–Kier alpha value is -1.99. The molecular formula is C19H24F2O6. The second kappa shape index (κ2) is 7.20. The zero-order chi connectivity index (χ0) is 19.8. The zero-order valence-corrected chi connectivity index (χ0v) is 15.3. The molecule has 0 spiro atoms. The summed E-state index contributed by atoms with van der Waals surface area (Å²) >= 11 is 0. The van der Waals surface area contributed by atoms with Crippen molar-refractivity contribution in [3.05, 3.63) is 12.2 Å². The van der Waals surface area contributed by atoms with Crippen LogP contribution in [0.1, 0.15) is 45.4 Å². The average Bonchev–Trinajstić information content (AvgIpc) is 2.56. The fourth-order valence-electron chi connectivity index (χ4n) is 4.98. The molecule has 0 saturated heterocycles. The lowest BCUT2D eigenvalue weighted by Gasteiger charge is -2.55. The van der Waals surface area contributed by atoms with E-state index < -0.39 is 42.6 Å². The van der Waals surface area contributed by atoms with Crippen LogP contribution < -0.4 is 0 Å². The van der Waals surface area contributed by atoms with E-state index in [9.17, 15) is 23.2 Å². The van der Waals surface area contributed by atoms with Crippen LogP contribution in [-0.4, -0.2) is 42.6 Å². The molecule has 4 bridgehead atoms. The van der Waals surface area contributed by atoms with Gasteiger partial charge in [-0.3, -0.25) is 0 Å². The van der Waals surface area contributed by atoms with Crippen molar-refractivity contribution in [1.29, 1.82) is 0 Å². The van der Waals surface area contributed by atoms with Crippen LogP contribution in [0, 0.1) is 17.8 Å². The Balaban J connectivity index is 1.51. The first-order valence-electron chi connectivity index (χ1n) is 9.22. The molecule has 4 saturated carbocycles. The molecule has 0 aromatic heterocycles. The van der Waals surface area contributed by atoms with Crippen LogP contribution in [-0.2, 0) is 28.6 Å². The molecule has 0 aromatic rings. The zero-order valence-electron chi connectivity index (χ0n) is 15.3. The molecule has 0 heterocycles. The predicted octanol–water partition coefficient (Wildman–Crippen LogP) is 2.80. The molecule has 4 fully saturated rings. The first-order valence-corrected chi connectivity index (χ1v) is 9.22. The first-order chi connectivity index (χ1) is 12.6. The van der Waals surface area contributed by atoms with Crippen molar-refractivity contribution >= 4 is 17.9 Å². The molecule has 4 aliphatic rings. The summed E-state index contributed by atoms with van der Waals surface area (Å²) in [6.07, 6.45) is 4.97. The third kappa shape index (κ3) is 4.14. The van der Waals surface area contributed by atoms with Gasteiger partial charge in [0, 0.05) is 5.57 Å². The summed E-state index contributed by atoms with van der Waals surface area (Å²) in [7, 11) is 0. The number of halogens is 2. The van der Waals surface area contributed by atoms with E-state index in [4.69, 9.17) is 4.74 Å². The molecule has 27 heavy (non-hydrogen) atoms.